The van der Waals surface area contributed by atoms with Gasteiger partial charge >= 0.3 is 0 Å². The Balaban J connectivity index is 2.44. The number of hydrogen-bond acceptors (Lipinski definition) is 3. The quantitative estimate of drug-likeness (QED) is 0.879. The zero-order valence-electron chi connectivity index (χ0n) is 9.90. The van der Waals surface area contributed by atoms with Crippen LogP contribution in [0.25, 0.3) is 0 Å². The van der Waals surface area contributed by atoms with Crippen molar-refractivity contribution in [3.8, 4) is 5.75 Å². The first kappa shape index (κ1) is 13.9. The van der Waals surface area contributed by atoms with Gasteiger partial charge < -0.3 is 9.84 Å². The van der Waals surface area contributed by atoms with E-state index in [1.807, 2.05) is 0 Å². The third-order valence-electron chi connectivity index (χ3n) is 2.65. The van der Waals surface area contributed by atoms with Crippen molar-refractivity contribution in [3.05, 3.63) is 57.8 Å². The van der Waals surface area contributed by atoms with Gasteiger partial charge in [-0.1, -0.05) is 6.07 Å². The van der Waals surface area contributed by atoms with Crippen molar-refractivity contribution in [2.75, 3.05) is 7.11 Å². The molecule has 0 bridgehead atoms. The molecule has 100 valence electrons. The van der Waals surface area contributed by atoms with E-state index in [0.29, 0.717) is 11.3 Å². The highest BCUT2D eigenvalue weighted by Gasteiger charge is 2.19. The summed E-state index contributed by atoms with van der Waals surface area (Å²) in [6, 6.07) is 3.85. The van der Waals surface area contributed by atoms with Gasteiger partial charge in [0.1, 0.15) is 11.9 Å². The van der Waals surface area contributed by atoms with Gasteiger partial charge in [0, 0.05) is 17.3 Å². The summed E-state index contributed by atoms with van der Waals surface area (Å²) in [6.45, 7) is 0. The second-order valence-electron chi connectivity index (χ2n) is 3.83. The maximum absolute atomic E-state index is 13.4. The Labute approximate surface area is 117 Å². The summed E-state index contributed by atoms with van der Waals surface area (Å²) in [6.07, 6.45) is 1.78. The average molecular weight is 330 g/mol. The summed E-state index contributed by atoms with van der Waals surface area (Å²) < 4.78 is 31.4. The molecule has 0 aliphatic carbocycles. The molecule has 0 saturated heterocycles. The van der Waals surface area contributed by atoms with Crippen LogP contribution in [-0.2, 0) is 0 Å². The fourth-order valence-electron chi connectivity index (χ4n) is 1.63. The van der Waals surface area contributed by atoms with E-state index in [1.54, 1.807) is 6.07 Å². The van der Waals surface area contributed by atoms with Gasteiger partial charge in [-0.15, -0.1) is 0 Å². The minimum atomic E-state index is -1.13. The monoisotopic (exact) mass is 329 g/mol. The number of halogens is 3. The van der Waals surface area contributed by atoms with Crippen LogP contribution < -0.4 is 4.74 Å². The molecule has 2 aromatic rings. The average Bonchev–Trinajstić information content (AvgIpc) is 2.44. The molecular formula is C13H10BrF2NO2. The molecule has 0 aliphatic heterocycles. The van der Waals surface area contributed by atoms with Crippen LogP contribution in [0, 0.1) is 11.6 Å². The molecule has 1 unspecified atom stereocenters. The fraction of sp³-hybridized carbons (Fsp3) is 0.154. The Morgan fingerprint density at radius 3 is 2.74 bits per heavy atom. The first-order valence-corrected chi connectivity index (χ1v) is 6.14. The first-order chi connectivity index (χ1) is 9.04. The van der Waals surface area contributed by atoms with E-state index in [1.165, 1.54) is 25.6 Å². The number of aliphatic hydroxyl groups excluding tert-OH is 1. The largest absolute Gasteiger partial charge is 0.495 e. The molecule has 0 spiro atoms. The van der Waals surface area contributed by atoms with Gasteiger partial charge in [0.05, 0.1) is 17.8 Å². The molecule has 2 rings (SSSR count). The van der Waals surface area contributed by atoms with E-state index in [0.717, 1.165) is 6.07 Å². The van der Waals surface area contributed by atoms with Crippen LogP contribution in [-0.4, -0.2) is 17.2 Å². The van der Waals surface area contributed by atoms with Gasteiger partial charge in [0.25, 0.3) is 0 Å². The maximum atomic E-state index is 13.4. The Bertz CT molecular complexity index is 607. The number of pyridine rings is 1. The molecule has 0 radical (unpaired) electrons. The molecule has 1 atom stereocenters. The molecule has 0 amide bonds. The third-order valence-corrected chi connectivity index (χ3v) is 3.45. The summed E-state index contributed by atoms with van der Waals surface area (Å²) in [5.41, 5.74) is 0.639. The number of methoxy groups -OCH3 is 1. The molecule has 1 aromatic heterocycles. The Hall–Kier alpha value is -1.53. The van der Waals surface area contributed by atoms with Gasteiger partial charge in [-0.2, -0.15) is 0 Å². The van der Waals surface area contributed by atoms with E-state index in [-0.39, 0.29) is 10.0 Å². The molecule has 19 heavy (non-hydrogen) atoms. The number of nitrogens with zero attached hydrogens (tertiary/aromatic N) is 1. The lowest BCUT2D eigenvalue weighted by atomic mass is 10.0. The van der Waals surface area contributed by atoms with Crippen molar-refractivity contribution in [2.45, 2.75) is 6.10 Å². The standard InChI is InChI=1S/C13H10BrF2NO2/c1-19-8-4-7(5-17-6-8)13(18)9-2-3-10(15)12(16)11(9)14/h2-6,13,18H,1H3. The van der Waals surface area contributed by atoms with Crippen LogP contribution in [0.2, 0.25) is 0 Å². The second kappa shape index (κ2) is 5.63. The molecule has 1 heterocycles. The zero-order chi connectivity index (χ0) is 14.0. The third kappa shape index (κ3) is 2.74. The lowest BCUT2D eigenvalue weighted by Crippen LogP contribution is -2.04. The predicted molar refractivity (Wildman–Crippen MR) is 68.9 cm³/mol. The minimum absolute atomic E-state index is 0.109. The van der Waals surface area contributed by atoms with Gasteiger partial charge in [0.15, 0.2) is 11.6 Å². The molecule has 1 N–H and O–H groups in total. The summed E-state index contributed by atoms with van der Waals surface area (Å²) in [7, 11) is 1.47. The molecule has 0 fully saturated rings. The number of aromatic nitrogens is 1. The highest BCUT2D eigenvalue weighted by atomic mass is 79.9. The predicted octanol–water partition coefficient (Wildman–Crippen LogP) is 3.21. The van der Waals surface area contributed by atoms with Gasteiger partial charge in [-0.05, 0) is 28.1 Å². The number of hydrogen-bond donors (Lipinski definition) is 1. The molecule has 0 aliphatic rings. The highest BCUT2D eigenvalue weighted by Crippen LogP contribution is 2.32. The number of ether oxygens (including phenoxy) is 1. The zero-order valence-corrected chi connectivity index (χ0v) is 11.5. The minimum Gasteiger partial charge on any atom is -0.495 e. The lowest BCUT2D eigenvalue weighted by molar-refractivity contribution is 0.217. The van der Waals surface area contributed by atoms with Crippen LogP contribution in [0.1, 0.15) is 17.2 Å². The van der Waals surface area contributed by atoms with Gasteiger partial charge in [0.2, 0.25) is 0 Å². The van der Waals surface area contributed by atoms with E-state index in [2.05, 4.69) is 20.9 Å². The normalized spacial score (nSPS) is 12.3. The van der Waals surface area contributed by atoms with Crippen molar-refractivity contribution >= 4 is 15.9 Å². The summed E-state index contributed by atoms with van der Waals surface area (Å²) >= 11 is 2.94. The SMILES string of the molecule is COc1cncc(C(O)c2ccc(F)c(F)c2Br)c1. The number of benzene rings is 1. The number of aliphatic hydroxyl groups is 1. The van der Waals surface area contributed by atoms with Crippen LogP contribution in [0.15, 0.2) is 35.1 Å². The van der Waals surface area contributed by atoms with Crippen molar-refractivity contribution in [1.82, 2.24) is 4.98 Å². The molecule has 3 nitrogen and oxygen atoms in total. The van der Waals surface area contributed by atoms with E-state index in [4.69, 9.17) is 4.74 Å². The van der Waals surface area contributed by atoms with Gasteiger partial charge in [-0.3, -0.25) is 4.98 Å². The highest BCUT2D eigenvalue weighted by molar-refractivity contribution is 9.10. The first-order valence-electron chi connectivity index (χ1n) is 5.35. The summed E-state index contributed by atoms with van der Waals surface area (Å²) in [5.74, 6) is -1.55. The van der Waals surface area contributed by atoms with Crippen LogP contribution in [0.5, 0.6) is 5.75 Å². The molecule has 0 saturated carbocycles. The Kier molecular flexibility index (Phi) is 4.11. The van der Waals surface area contributed by atoms with Crippen molar-refractivity contribution in [2.24, 2.45) is 0 Å². The number of rotatable bonds is 3. The summed E-state index contributed by atoms with van der Waals surface area (Å²) in [5, 5.41) is 10.2. The van der Waals surface area contributed by atoms with Crippen LogP contribution in [0.4, 0.5) is 8.78 Å². The van der Waals surface area contributed by atoms with E-state index >= 15 is 0 Å². The maximum Gasteiger partial charge on any atom is 0.173 e. The molecule has 6 heteroatoms. The fourth-order valence-corrected chi connectivity index (χ4v) is 2.17. The Morgan fingerprint density at radius 1 is 1.32 bits per heavy atom. The van der Waals surface area contributed by atoms with Crippen molar-refractivity contribution in [3.63, 3.8) is 0 Å². The topological polar surface area (TPSA) is 42.4 Å². The van der Waals surface area contributed by atoms with E-state index in [9.17, 15) is 13.9 Å². The lowest BCUT2D eigenvalue weighted by Gasteiger charge is -2.14. The molecule has 1 aromatic carbocycles. The van der Waals surface area contributed by atoms with Crippen LogP contribution in [0.3, 0.4) is 0 Å². The Morgan fingerprint density at radius 2 is 2.05 bits per heavy atom. The molecular weight excluding hydrogens is 320 g/mol. The van der Waals surface area contributed by atoms with Gasteiger partial charge in [-0.25, -0.2) is 8.78 Å². The van der Waals surface area contributed by atoms with Crippen molar-refractivity contribution in [1.29, 1.82) is 0 Å². The summed E-state index contributed by atoms with van der Waals surface area (Å²) in [4.78, 5) is 3.90. The second-order valence-corrected chi connectivity index (χ2v) is 4.62. The van der Waals surface area contributed by atoms with Crippen LogP contribution >= 0.6 is 15.9 Å². The van der Waals surface area contributed by atoms with E-state index < -0.39 is 17.7 Å². The van der Waals surface area contributed by atoms with Crippen molar-refractivity contribution < 1.29 is 18.6 Å². The smallest absolute Gasteiger partial charge is 0.173 e.